The number of aromatic nitrogens is 2. The number of carbonyl (C=O) groups excluding carboxylic acids is 2. The van der Waals surface area contributed by atoms with Crippen LogP contribution in [0, 0.1) is 5.92 Å². The second kappa shape index (κ2) is 16.2. The Balaban J connectivity index is 1.62. The molecule has 0 bridgehead atoms. The number of carbonyl (C=O) groups is 2. The van der Waals surface area contributed by atoms with Gasteiger partial charge in [-0.3, -0.25) is 14.3 Å². The Morgan fingerprint density at radius 2 is 1.91 bits per heavy atom. The lowest BCUT2D eigenvalue weighted by Crippen LogP contribution is -2.48. The number of amides is 2. The van der Waals surface area contributed by atoms with Crippen LogP contribution >= 0.6 is 0 Å². The molecular weight excluding hydrogens is 622 g/mol. The summed E-state index contributed by atoms with van der Waals surface area (Å²) in [5.41, 5.74) is 1.26. The first kappa shape index (κ1) is 35.9. The number of benzene rings is 2. The van der Waals surface area contributed by atoms with Crippen LogP contribution in [0.1, 0.15) is 56.0 Å². The fraction of sp³-hybridized carbons (Fsp3) is 0.500. The summed E-state index contributed by atoms with van der Waals surface area (Å²) in [5.74, 6) is -0.369. The molecule has 2 heterocycles. The Morgan fingerprint density at radius 1 is 1.17 bits per heavy atom. The number of nitrogens with zero attached hydrogens (tertiary/aromatic N) is 4. The highest BCUT2D eigenvalue weighted by molar-refractivity contribution is 7.92. The van der Waals surface area contributed by atoms with Crippen LogP contribution in [0.5, 0.6) is 5.75 Å². The van der Waals surface area contributed by atoms with Crippen molar-refractivity contribution in [3.8, 4) is 5.75 Å². The molecule has 0 aliphatic carbocycles. The third kappa shape index (κ3) is 9.78. The molecule has 13 heteroatoms. The molecule has 256 valence electrons. The lowest BCUT2D eigenvalue weighted by molar-refractivity contribution is -0.131. The number of likely N-dealkylation sites (N-methyl/N-ethyl adjacent to an activating group) is 1. The zero-order valence-electron chi connectivity index (χ0n) is 27.8. The average molecular weight is 670 g/mol. The van der Waals surface area contributed by atoms with Crippen LogP contribution in [0.15, 0.2) is 66.1 Å². The number of aryl methyl sites for hydroxylation is 1. The van der Waals surface area contributed by atoms with Crippen molar-refractivity contribution in [2.24, 2.45) is 13.0 Å². The smallest absolute Gasteiger partial charge is 0.280 e. The van der Waals surface area contributed by atoms with E-state index in [1.165, 1.54) is 23.2 Å². The van der Waals surface area contributed by atoms with Crippen LogP contribution in [0.25, 0.3) is 0 Å². The second-order valence-electron chi connectivity index (χ2n) is 12.4. The Kier molecular flexibility index (Phi) is 12.4. The maximum atomic E-state index is 14.3. The van der Waals surface area contributed by atoms with Crippen LogP contribution in [0.3, 0.4) is 0 Å². The van der Waals surface area contributed by atoms with Crippen molar-refractivity contribution in [1.82, 2.24) is 19.4 Å². The number of imidazole rings is 1. The van der Waals surface area contributed by atoms with Crippen LogP contribution in [0.4, 0.5) is 5.69 Å². The molecule has 1 aliphatic heterocycles. The van der Waals surface area contributed by atoms with Crippen molar-refractivity contribution < 1.29 is 32.6 Å². The molecule has 0 spiro atoms. The van der Waals surface area contributed by atoms with Gasteiger partial charge in [0.05, 0.1) is 43.2 Å². The largest absolute Gasteiger partial charge is 0.490 e. The summed E-state index contributed by atoms with van der Waals surface area (Å²) in [4.78, 5) is 34.6. The SMILES string of the molecule is C[C@@H]1CCCCO[C@H](CN(C)C(=O)Cc2ccccc2)[C@H](C)CN([C@H](C)CO)C(=O)c2cc(NS(=O)(=O)c3cn(C)cn3)ccc2O1. The number of anilines is 1. The minimum Gasteiger partial charge on any atom is -0.490 e. The molecule has 12 nitrogen and oxygen atoms in total. The van der Waals surface area contributed by atoms with Crippen molar-refractivity contribution in [2.45, 2.75) is 69.7 Å². The first-order valence-electron chi connectivity index (χ1n) is 16.0. The van der Waals surface area contributed by atoms with Gasteiger partial charge in [0, 0.05) is 51.6 Å². The molecular formula is C34H47N5O7S. The van der Waals surface area contributed by atoms with Gasteiger partial charge in [-0.05, 0) is 56.9 Å². The molecule has 0 saturated carbocycles. The van der Waals surface area contributed by atoms with Crippen molar-refractivity contribution in [3.63, 3.8) is 0 Å². The zero-order valence-corrected chi connectivity index (χ0v) is 28.7. The minimum atomic E-state index is -4.02. The average Bonchev–Trinajstić information content (AvgIpc) is 3.50. The Labute approximate surface area is 277 Å². The zero-order chi connectivity index (χ0) is 34.1. The van der Waals surface area contributed by atoms with E-state index >= 15 is 0 Å². The van der Waals surface area contributed by atoms with Gasteiger partial charge in [-0.25, -0.2) is 4.98 Å². The van der Waals surface area contributed by atoms with E-state index in [2.05, 4.69) is 9.71 Å². The molecule has 1 aromatic heterocycles. The Morgan fingerprint density at radius 3 is 2.60 bits per heavy atom. The molecule has 2 aromatic carbocycles. The third-order valence-electron chi connectivity index (χ3n) is 8.34. The summed E-state index contributed by atoms with van der Waals surface area (Å²) in [6.07, 6.45) is 4.74. The van der Waals surface area contributed by atoms with Gasteiger partial charge < -0.3 is 28.9 Å². The fourth-order valence-electron chi connectivity index (χ4n) is 5.46. The van der Waals surface area contributed by atoms with Gasteiger partial charge >= 0.3 is 0 Å². The summed E-state index contributed by atoms with van der Waals surface area (Å²) < 4.78 is 42.7. The molecule has 2 amide bonds. The van der Waals surface area contributed by atoms with Crippen molar-refractivity contribution in [2.75, 3.05) is 38.1 Å². The van der Waals surface area contributed by atoms with Gasteiger partial charge in [0.15, 0.2) is 5.03 Å². The summed E-state index contributed by atoms with van der Waals surface area (Å²) >= 11 is 0. The van der Waals surface area contributed by atoms with Crippen LogP contribution < -0.4 is 9.46 Å². The van der Waals surface area contributed by atoms with Gasteiger partial charge in [-0.1, -0.05) is 37.3 Å². The molecule has 1 aliphatic rings. The monoisotopic (exact) mass is 669 g/mol. The van der Waals surface area contributed by atoms with E-state index < -0.39 is 22.0 Å². The predicted octanol–water partition coefficient (Wildman–Crippen LogP) is 3.72. The molecule has 0 saturated heterocycles. The van der Waals surface area contributed by atoms with Gasteiger partial charge in [0.2, 0.25) is 5.91 Å². The van der Waals surface area contributed by atoms with E-state index in [0.717, 1.165) is 18.4 Å². The Bertz CT molecular complexity index is 1600. The topological polar surface area (TPSA) is 143 Å². The molecule has 3 aromatic rings. The first-order valence-corrected chi connectivity index (χ1v) is 17.5. The maximum absolute atomic E-state index is 14.3. The first-order chi connectivity index (χ1) is 22.4. The minimum absolute atomic E-state index is 0.0383. The van der Waals surface area contributed by atoms with Gasteiger partial charge in [0.1, 0.15) is 5.75 Å². The summed E-state index contributed by atoms with van der Waals surface area (Å²) in [5, 5.41) is 10.0. The second-order valence-corrected chi connectivity index (χ2v) is 14.1. The number of rotatable bonds is 9. The summed E-state index contributed by atoms with van der Waals surface area (Å²) in [7, 11) is -0.593. The predicted molar refractivity (Wildman–Crippen MR) is 179 cm³/mol. The van der Waals surface area contributed by atoms with Crippen LogP contribution in [-0.2, 0) is 33.0 Å². The number of aliphatic hydroxyl groups is 1. The Hall–Kier alpha value is -3.94. The highest BCUT2D eigenvalue weighted by Crippen LogP contribution is 2.29. The maximum Gasteiger partial charge on any atom is 0.280 e. The molecule has 0 fully saturated rings. The molecule has 4 atom stereocenters. The van der Waals surface area contributed by atoms with Crippen molar-refractivity contribution >= 4 is 27.5 Å². The third-order valence-corrected chi connectivity index (χ3v) is 9.60. The fourth-order valence-corrected chi connectivity index (χ4v) is 6.49. The van der Waals surface area contributed by atoms with E-state index in [1.807, 2.05) is 44.2 Å². The standard InChI is InChI=1S/C34H47N5O7S/c1-24-19-39(25(2)22-40)34(42)29-18-28(36-47(43,44)32-21-37(4)23-35-32)14-15-30(29)46-26(3)11-9-10-16-45-31(24)20-38(5)33(41)17-27-12-7-6-8-13-27/h6-8,12-15,18,21,23-26,31,36,40H,9-11,16-17,19-20,22H2,1-5H3/t24-,25-,26-,31-/m1/s1. The molecule has 47 heavy (non-hydrogen) atoms. The molecule has 2 N–H and O–H groups in total. The van der Waals surface area contributed by atoms with E-state index in [9.17, 15) is 23.1 Å². The number of ether oxygens (including phenoxy) is 2. The molecule has 0 unspecified atom stereocenters. The van der Waals surface area contributed by atoms with Crippen LogP contribution in [-0.4, -0.2) is 96.3 Å². The van der Waals surface area contributed by atoms with Gasteiger partial charge in [0.25, 0.3) is 15.9 Å². The van der Waals surface area contributed by atoms with E-state index in [-0.39, 0.29) is 59.9 Å². The normalized spacial score (nSPS) is 20.4. The van der Waals surface area contributed by atoms with Crippen LogP contribution in [0.2, 0.25) is 0 Å². The number of fused-ring (bicyclic) bond motifs is 1. The number of hydrogen-bond donors (Lipinski definition) is 2. The van der Waals surface area contributed by atoms with E-state index in [1.54, 1.807) is 43.0 Å². The summed E-state index contributed by atoms with van der Waals surface area (Å²) in [6.45, 7) is 6.37. The number of nitrogens with one attached hydrogen (secondary N) is 1. The molecule has 0 radical (unpaired) electrons. The lowest BCUT2D eigenvalue weighted by atomic mass is 10.0. The van der Waals surface area contributed by atoms with E-state index in [4.69, 9.17) is 9.47 Å². The highest BCUT2D eigenvalue weighted by atomic mass is 32.2. The number of sulfonamides is 1. The summed E-state index contributed by atoms with van der Waals surface area (Å²) in [6, 6.07) is 13.6. The number of aliphatic hydroxyl groups excluding tert-OH is 1. The molecule has 4 rings (SSSR count). The van der Waals surface area contributed by atoms with Crippen molar-refractivity contribution in [3.05, 3.63) is 72.2 Å². The van der Waals surface area contributed by atoms with E-state index in [0.29, 0.717) is 25.3 Å². The number of hydrogen-bond acceptors (Lipinski definition) is 8. The quantitative estimate of drug-likeness (QED) is 0.351. The highest BCUT2D eigenvalue weighted by Gasteiger charge is 2.31. The van der Waals surface area contributed by atoms with Crippen molar-refractivity contribution in [1.29, 1.82) is 0 Å². The lowest BCUT2D eigenvalue weighted by Gasteiger charge is -2.36. The van der Waals surface area contributed by atoms with Gasteiger partial charge in [-0.2, -0.15) is 8.42 Å². The van der Waals surface area contributed by atoms with Gasteiger partial charge in [-0.15, -0.1) is 0 Å².